The molecule has 2 N–H and O–H groups in total. The Kier molecular flexibility index (Phi) is 6.20. The topological polar surface area (TPSA) is 93.1 Å². The summed E-state index contributed by atoms with van der Waals surface area (Å²) >= 11 is 3.38. The molecular weight excluding hydrogens is 424 g/mol. The van der Waals surface area contributed by atoms with E-state index in [0.29, 0.717) is 10.9 Å². The second-order valence-corrected chi connectivity index (χ2v) is 7.22. The number of carbonyl (C=O) groups is 2. The van der Waals surface area contributed by atoms with Gasteiger partial charge in [0.15, 0.2) is 0 Å². The maximum atomic E-state index is 12.4. The molecule has 144 valence electrons. The Balaban J connectivity index is 1.51. The number of aryl methyl sites for hydroxylation is 1. The van der Waals surface area contributed by atoms with Crippen molar-refractivity contribution >= 4 is 44.3 Å². The number of hydrogen-bond acceptors (Lipinski definition) is 4. The lowest BCUT2D eigenvalue weighted by Crippen LogP contribution is -2.34. The van der Waals surface area contributed by atoms with Crippen LogP contribution >= 0.6 is 15.9 Å². The SMILES string of the molecule is Cc1cc(Br)ccc1NC(=O)CCNC(=O)Cn1cnc2ccccc2c1=O. The summed E-state index contributed by atoms with van der Waals surface area (Å²) in [5.41, 5.74) is 1.98. The lowest BCUT2D eigenvalue weighted by atomic mass is 10.2. The van der Waals surface area contributed by atoms with Gasteiger partial charge in [0.05, 0.1) is 17.2 Å². The van der Waals surface area contributed by atoms with E-state index in [-0.39, 0.29) is 36.9 Å². The van der Waals surface area contributed by atoms with Gasteiger partial charge in [-0.2, -0.15) is 0 Å². The van der Waals surface area contributed by atoms with Crippen LogP contribution in [0.4, 0.5) is 5.69 Å². The van der Waals surface area contributed by atoms with E-state index < -0.39 is 0 Å². The molecule has 28 heavy (non-hydrogen) atoms. The quantitative estimate of drug-likeness (QED) is 0.613. The molecule has 0 aliphatic heterocycles. The highest BCUT2D eigenvalue weighted by Gasteiger charge is 2.09. The molecule has 7 nitrogen and oxygen atoms in total. The molecule has 0 fully saturated rings. The molecule has 0 saturated carbocycles. The normalized spacial score (nSPS) is 10.6. The Morgan fingerprint density at radius 3 is 2.71 bits per heavy atom. The Labute approximate surface area is 169 Å². The molecule has 2 amide bonds. The zero-order valence-electron chi connectivity index (χ0n) is 15.2. The third-order valence-corrected chi connectivity index (χ3v) is 4.68. The third kappa shape index (κ3) is 4.83. The molecule has 0 atom stereocenters. The second kappa shape index (κ2) is 8.79. The Bertz CT molecular complexity index is 1090. The molecule has 0 aliphatic carbocycles. The van der Waals surface area contributed by atoms with Crippen LogP contribution in [-0.4, -0.2) is 27.9 Å². The molecule has 0 spiro atoms. The predicted molar refractivity (Wildman–Crippen MR) is 111 cm³/mol. The number of nitrogens with zero attached hydrogens (tertiary/aromatic N) is 2. The summed E-state index contributed by atoms with van der Waals surface area (Å²) in [7, 11) is 0. The van der Waals surface area contributed by atoms with Gasteiger partial charge in [0.25, 0.3) is 5.56 Å². The Morgan fingerprint density at radius 2 is 1.93 bits per heavy atom. The van der Waals surface area contributed by atoms with Crippen LogP contribution in [0, 0.1) is 6.92 Å². The first-order chi connectivity index (χ1) is 13.4. The number of aromatic nitrogens is 2. The van der Waals surface area contributed by atoms with Gasteiger partial charge in [-0.15, -0.1) is 0 Å². The van der Waals surface area contributed by atoms with Crippen molar-refractivity contribution in [3.63, 3.8) is 0 Å². The van der Waals surface area contributed by atoms with Gasteiger partial charge >= 0.3 is 0 Å². The lowest BCUT2D eigenvalue weighted by molar-refractivity contribution is -0.121. The summed E-state index contributed by atoms with van der Waals surface area (Å²) in [6.07, 6.45) is 1.49. The highest BCUT2D eigenvalue weighted by atomic mass is 79.9. The number of anilines is 1. The van der Waals surface area contributed by atoms with Crippen LogP contribution < -0.4 is 16.2 Å². The number of halogens is 1. The van der Waals surface area contributed by atoms with E-state index in [1.165, 1.54) is 10.9 Å². The minimum atomic E-state index is -0.355. The van der Waals surface area contributed by atoms with Crippen molar-refractivity contribution in [3.8, 4) is 0 Å². The first kappa shape index (κ1) is 19.8. The number of para-hydroxylation sites is 1. The minimum absolute atomic E-state index is 0.131. The summed E-state index contributed by atoms with van der Waals surface area (Å²) in [6, 6.07) is 12.5. The van der Waals surface area contributed by atoms with Crippen molar-refractivity contribution in [1.82, 2.24) is 14.9 Å². The molecule has 0 aliphatic rings. The highest BCUT2D eigenvalue weighted by Crippen LogP contribution is 2.20. The largest absolute Gasteiger partial charge is 0.354 e. The minimum Gasteiger partial charge on any atom is -0.354 e. The van der Waals surface area contributed by atoms with Crippen LogP contribution in [-0.2, 0) is 16.1 Å². The van der Waals surface area contributed by atoms with Crippen molar-refractivity contribution in [1.29, 1.82) is 0 Å². The van der Waals surface area contributed by atoms with Crippen molar-refractivity contribution < 1.29 is 9.59 Å². The Morgan fingerprint density at radius 1 is 1.14 bits per heavy atom. The number of rotatable bonds is 6. The summed E-state index contributed by atoms with van der Waals surface area (Å²) < 4.78 is 2.19. The molecule has 0 bridgehead atoms. The zero-order chi connectivity index (χ0) is 20.1. The van der Waals surface area contributed by atoms with Gasteiger partial charge in [0.2, 0.25) is 11.8 Å². The summed E-state index contributed by atoms with van der Waals surface area (Å²) in [5.74, 6) is -0.554. The van der Waals surface area contributed by atoms with Crippen molar-refractivity contribution in [2.45, 2.75) is 19.9 Å². The molecular formula is C20H19BrN4O3. The van der Waals surface area contributed by atoms with E-state index in [1.54, 1.807) is 24.3 Å². The van der Waals surface area contributed by atoms with E-state index in [4.69, 9.17) is 0 Å². The van der Waals surface area contributed by atoms with E-state index in [2.05, 4.69) is 31.5 Å². The van der Waals surface area contributed by atoms with Crippen molar-refractivity contribution in [2.24, 2.45) is 0 Å². The first-order valence-corrected chi connectivity index (χ1v) is 9.50. The second-order valence-electron chi connectivity index (χ2n) is 6.30. The predicted octanol–water partition coefficient (Wildman–Crippen LogP) is 2.61. The molecule has 0 unspecified atom stereocenters. The van der Waals surface area contributed by atoms with Gasteiger partial charge in [-0.3, -0.25) is 19.0 Å². The number of hydrogen-bond donors (Lipinski definition) is 2. The van der Waals surface area contributed by atoms with Crippen LogP contribution in [0.1, 0.15) is 12.0 Å². The van der Waals surface area contributed by atoms with Gasteiger partial charge < -0.3 is 10.6 Å². The fourth-order valence-corrected chi connectivity index (χ4v) is 3.20. The number of benzene rings is 2. The highest BCUT2D eigenvalue weighted by molar-refractivity contribution is 9.10. The third-order valence-electron chi connectivity index (χ3n) is 4.18. The number of amides is 2. The van der Waals surface area contributed by atoms with Gasteiger partial charge in [-0.25, -0.2) is 4.98 Å². The molecule has 8 heteroatoms. The first-order valence-electron chi connectivity index (χ1n) is 8.71. The summed E-state index contributed by atoms with van der Waals surface area (Å²) in [5, 5.41) is 5.93. The maximum absolute atomic E-state index is 12.4. The van der Waals surface area contributed by atoms with Gasteiger partial charge in [-0.05, 0) is 42.8 Å². The van der Waals surface area contributed by atoms with Crippen molar-refractivity contribution in [2.75, 3.05) is 11.9 Å². The van der Waals surface area contributed by atoms with E-state index >= 15 is 0 Å². The van der Waals surface area contributed by atoms with E-state index in [0.717, 1.165) is 15.7 Å². The monoisotopic (exact) mass is 442 g/mol. The Hall–Kier alpha value is -3.00. The standard InChI is InChI=1S/C20H19BrN4O3/c1-13-10-14(21)6-7-16(13)24-18(26)8-9-22-19(27)11-25-12-23-17-5-3-2-4-15(17)20(25)28/h2-7,10,12H,8-9,11H2,1H3,(H,22,27)(H,24,26). The average Bonchev–Trinajstić information content (AvgIpc) is 2.66. The van der Waals surface area contributed by atoms with Crippen LogP contribution in [0.15, 0.2) is 58.1 Å². The van der Waals surface area contributed by atoms with E-state index in [1.807, 2.05) is 25.1 Å². The smallest absolute Gasteiger partial charge is 0.261 e. The van der Waals surface area contributed by atoms with E-state index in [9.17, 15) is 14.4 Å². The van der Waals surface area contributed by atoms with Gasteiger partial charge in [-0.1, -0.05) is 28.1 Å². The average molecular weight is 443 g/mol. The van der Waals surface area contributed by atoms with Crippen LogP contribution in [0.5, 0.6) is 0 Å². The molecule has 0 radical (unpaired) electrons. The maximum Gasteiger partial charge on any atom is 0.261 e. The molecule has 0 saturated heterocycles. The van der Waals surface area contributed by atoms with Crippen molar-refractivity contribution in [3.05, 3.63) is 69.2 Å². The molecule has 2 aromatic carbocycles. The van der Waals surface area contributed by atoms with Crippen LogP contribution in [0.3, 0.4) is 0 Å². The molecule has 3 aromatic rings. The summed E-state index contributed by atoms with van der Waals surface area (Å²) in [6.45, 7) is 1.93. The zero-order valence-corrected chi connectivity index (χ0v) is 16.8. The number of carbonyl (C=O) groups excluding carboxylic acids is 2. The lowest BCUT2D eigenvalue weighted by Gasteiger charge is -2.10. The summed E-state index contributed by atoms with van der Waals surface area (Å²) in [4.78, 5) is 40.7. The molecule has 3 rings (SSSR count). The number of nitrogens with one attached hydrogen (secondary N) is 2. The number of fused-ring (bicyclic) bond motifs is 1. The van der Waals surface area contributed by atoms with Crippen LogP contribution in [0.2, 0.25) is 0 Å². The van der Waals surface area contributed by atoms with Crippen LogP contribution in [0.25, 0.3) is 10.9 Å². The fourth-order valence-electron chi connectivity index (χ4n) is 2.72. The molecule has 1 aromatic heterocycles. The molecule has 1 heterocycles. The van der Waals surface area contributed by atoms with Gasteiger partial charge in [0.1, 0.15) is 6.54 Å². The fraction of sp³-hybridized carbons (Fsp3) is 0.200. The van der Waals surface area contributed by atoms with Gasteiger partial charge in [0, 0.05) is 23.1 Å².